The summed E-state index contributed by atoms with van der Waals surface area (Å²) in [5.41, 5.74) is 6.61. The van der Waals surface area contributed by atoms with Gasteiger partial charge in [-0.25, -0.2) is 19.7 Å². The topological polar surface area (TPSA) is 91.0 Å². The first-order valence-electron chi connectivity index (χ1n) is 5.48. The second-order valence-corrected chi connectivity index (χ2v) is 4.71. The quantitative estimate of drug-likeness (QED) is 0.857. The molecule has 0 saturated heterocycles. The maximum Gasteiger partial charge on any atom is 0.343 e. The van der Waals surface area contributed by atoms with Crippen molar-refractivity contribution in [1.29, 1.82) is 0 Å². The van der Waals surface area contributed by atoms with Gasteiger partial charge in [0, 0.05) is 6.20 Å². The number of hydrogen-bond donors (Lipinski definition) is 1. The maximum atomic E-state index is 11.6. The van der Waals surface area contributed by atoms with Gasteiger partial charge in [0.1, 0.15) is 17.1 Å². The Morgan fingerprint density at radius 2 is 2.05 bits per heavy atom. The number of esters is 1. The Kier molecular flexibility index (Phi) is 4.06. The molecule has 2 aromatic heterocycles. The van der Waals surface area contributed by atoms with Crippen molar-refractivity contribution < 1.29 is 9.53 Å². The molecule has 0 spiro atoms. The molecule has 0 aliphatic rings. The van der Waals surface area contributed by atoms with Crippen molar-refractivity contribution in [3.05, 3.63) is 33.6 Å². The molecule has 20 heavy (non-hydrogen) atoms. The molecule has 2 rings (SSSR count). The number of methoxy groups -OCH3 is 1. The monoisotopic (exact) mass is 312 g/mol. The summed E-state index contributed by atoms with van der Waals surface area (Å²) >= 11 is 11.8. The molecule has 104 valence electrons. The molecule has 8 heteroatoms. The molecule has 2 aromatic rings. The lowest BCUT2D eigenvalue weighted by Crippen LogP contribution is -2.12. The van der Waals surface area contributed by atoms with Gasteiger partial charge >= 0.3 is 5.97 Å². The van der Waals surface area contributed by atoms with E-state index in [2.05, 4.69) is 19.7 Å². The first kappa shape index (κ1) is 14.5. The second kappa shape index (κ2) is 5.60. The second-order valence-electron chi connectivity index (χ2n) is 3.87. The highest BCUT2D eigenvalue weighted by molar-refractivity contribution is 6.35. The van der Waals surface area contributed by atoms with E-state index in [0.29, 0.717) is 21.4 Å². The Morgan fingerprint density at radius 3 is 2.60 bits per heavy atom. The molecule has 2 N–H and O–H groups in total. The fourth-order valence-corrected chi connectivity index (χ4v) is 2.10. The van der Waals surface area contributed by atoms with Crippen molar-refractivity contribution in [1.82, 2.24) is 15.0 Å². The molecule has 2 heterocycles. The van der Waals surface area contributed by atoms with E-state index >= 15 is 0 Å². The first-order chi connectivity index (χ1) is 9.43. The van der Waals surface area contributed by atoms with Gasteiger partial charge in [-0.05, 0) is 13.0 Å². The van der Waals surface area contributed by atoms with Crippen molar-refractivity contribution in [2.75, 3.05) is 12.8 Å². The van der Waals surface area contributed by atoms with Gasteiger partial charge in [0.15, 0.2) is 5.82 Å². The molecule has 0 radical (unpaired) electrons. The van der Waals surface area contributed by atoms with Crippen LogP contribution in [0.5, 0.6) is 0 Å². The molecule has 6 nitrogen and oxygen atoms in total. The number of aromatic nitrogens is 3. The standard InChI is InChI=1S/C12H10Cl2N4O2/c1-5-8(12(19)20-2)10(15)18-11(17-5)9-7(14)3-6(13)4-16-9/h3-4H,1-2H3,(H2,15,17,18). The average molecular weight is 313 g/mol. The Labute approximate surface area is 124 Å². The Balaban J connectivity index is 2.58. The van der Waals surface area contributed by atoms with E-state index in [1.807, 2.05) is 0 Å². The normalized spacial score (nSPS) is 10.4. The highest BCUT2D eigenvalue weighted by Crippen LogP contribution is 2.27. The predicted molar refractivity (Wildman–Crippen MR) is 75.8 cm³/mol. The number of carbonyl (C=O) groups excluding carboxylic acids is 1. The third-order valence-corrected chi connectivity index (χ3v) is 3.02. The molecule has 0 fully saturated rings. The van der Waals surface area contributed by atoms with Crippen LogP contribution in [0.15, 0.2) is 12.3 Å². The minimum absolute atomic E-state index is 0.00664. The minimum Gasteiger partial charge on any atom is -0.465 e. The summed E-state index contributed by atoms with van der Waals surface area (Å²) in [5.74, 6) is -0.372. The fraction of sp³-hybridized carbons (Fsp3) is 0.167. The number of nitrogen functional groups attached to an aromatic ring is 1. The number of pyridine rings is 1. The Hall–Kier alpha value is -1.92. The lowest BCUT2D eigenvalue weighted by Gasteiger charge is -2.09. The van der Waals surface area contributed by atoms with E-state index in [4.69, 9.17) is 28.9 Å². The molecule has 0 amide bonds. The van der Waals surface area contributed by atoms with Crippen LogP contribution in [0.4, 0.5) is 5.82 Å². The molecule has 0 unspecified atom stereocenters. The summed E-state index contributed by atoms with van der Waals surface area (Å²) in [6.45, 7) is 1.62. The summed E-state index contributed by atoms with van der Waals surface area (Å²) in [6.07, 6.45) is 1.42. The summed E-state index contributed by atoms with van der Waals surface area (Å²) < 4.78 is 4.62. The summed E-state index contributed by atoms with van der Waals surface area (Å²) in [5, 5.41) is 0.691. The molecule has 0 aliphatic carbocycles. The fourth-order valence-electron chi connectivity index (χ4n) is 1.63. The number of rotatable bonds is 2. The van der Waals surface area contributed by atoms with E-state index in [1.165, 1.54) is 19.4 Å². The number of nitrogens with two attached hydrogens (primary N) is 1. The van der Waals surface area contributed by atoms with E-state index in [0.717, 1.165) is 0 Å². The number of halogens is 2. The van der Waals surface area contributed by atoms with Crippen molar-refractivity contribution in [2.24, 2.45) is 0 Å². The zero-order chi connectivity index (χ0) is 14.9. The van der Waals surface area contributed by atoms with Crippen LogP contribution < -0.4 is 5.73 Å². The molecule has 0 bridgehead atoms. The number of nitrogens with zero attached hydrogens (tertiary/aromatic N) is 3. The molecule has 0 aromatic carbocycles. The van der Waals surface area contributed by atoms with Crippen molar-refractivity contribution >= 4 is 35.0 Å². The molecule has 0 aliphatic heterocycles. The molecule has 0 saturated carbocycles. The van der Waals surface area contributed by atoms with Crippen LogP contribution in [0.25, 0.3) is 11.5 Å². The highest BCUT2D eigenvalue weighted by Gasteiger charge is 2.19. The molecular weight excluding hydrogens is 303 g/mol. The van der Waals surface area contributed by atoms with Gasteiger partial charge < -0.3 is 10.5 Å². The lowest BCUT2D eigenvalue weighted by molar-refractivity contribution is 0.0600. The van der Waals surface area contributed by atoms with Crippen molar-refractivity contribution in [3.8, 4) is 11.5 Å². The number of hydrogen-bond acceptors (Lipinski definition) is 6. The predicted octanol–water partition coefficient (Wildman–Crippen LogP) is 2.52. The van der Waals surface area contributed by atoms with Gasteiger partial charge in [-0.15, -0.1) is 0 Å². The lowest BCUT2D eigenvalue weighted by atomic mass is 10.2. The van der Waals surface area contributed by atoms with Crippen LogP contribution in [-0.2, 0) is 4.74 Å². The SMILES string of the molecule is COC(=O)c1c(C)nc(-c2ncc(Cl)cc2Cl)nc1N. The van der Waals surface area contributed by atoms with Gasteiger partial charge in [-0.3, -0.25) is 0 Å². The van der Waals surface area contributed by atoms with E-state index in [9.17, 15) is 4.79 Å². The minimum atomic E-state index is -0.596. The summed E-state index contributed by atoms with van der Waals surface area (Å²) in [4.78, 5) is 23.9. The summed E-state index contributed by atoms with van der Waals surface area (Å²) in [7, 11) is 1.26. The number of aryl methyl sites for hydroxylation is 1. The third-order valence-electron chi connectivity index (χ3n) is 2.53. The Bertz CT molecular complexity index is 668. The van der Waals surface area contributed by atoms with Gasteiger partial charge in [0.05, 0.1) is 22.8 Å². The van der Waals surface area contributed by atoms with Crippen LogP contribution >= 0.6 is 23.2 Å². The van der Waals surface area contributed by atoms with Crippen molar-refractivity contribution in [2.45, 2.75) is 6.92 Å². The number of anilines is 1. The zero-order valence-electron chi connectivity index (χ0n) is 10.6. The van der Waals surface area contributed by atoms with Gasteiger partial charge in [-0.1, -0.05) is 23.2 Å². The zero-order valence-corrected chi connectivity index (χ0v) is 12.2. The van der Waals surface area contributed by atoms with Crippen LogP contribution in [0.3, 0.4) is 0 Å². The average Bonchev–Trinajstić information content (AvgIpc) is 2.37. The number of ether oxygens (including phenoxy) is 1. The van der Waals surface area contributed by atoms with E-state index in [1.54, 1.807) is 6.92 Å². The highest BCUT2D eigenvalue weighted by atomic mass is 35.5. The largest absolute Gasteiger partial charge is 0.465 e. The van der Waals surface area contributed by atoms with E-state index < -0.39 is 5.97 Å². The van der Waals surface area contributed by atoms with Gasteiger partial charge in [0.25, 0.3) is 0 Å². The van der Waals surface area contributed by atoms with Gasteiger partial charge in [-0.2, -0.15) is 0 Å². The van der Waals surface area contributed by atoms with Crippen LogP contribution in [0.2, 0.25) is 10.0 Å². The maximum absolute atomic E-state index is 11.6. The smallest absolute Gasteiger partial charge is 0.343 e. The van der Waals surface area contributed by atoms with E-state index in [-0.39, 0.29) is 17.2 Å². The number of carbonyl (C=O) groups is 1. The van der Waals surface area contributed by atoms with Crippen LogP contribution in [-0.4, -0.2) is 28.0 Å². The van der Waals surface area contributed by atoms with Crippen LogP contribution in [0, 0.1) is 6.92 Å². The summed E-state index contributed by atoms with van der Waals surface area (Å²) in [6, 6.07) is 1.52. The molecule has 0 atom stereocenters. The third kappa shape index (κ3) is 2.66. The Morgan fingerprint density at radius 1 is 1.35 bits per heavy atom. The molecular formula is C12H10Cl2N4O2. The first-order valence-corrected chi connectivity index (χ1v) is 6.23. The van der Waals surface area contributed by atoms with Crippen molar-refractivity contribution in [3.63, 3.8) is 0 Å². The van der Waals surface area contributed by atoms with Crippen LogP contribution in [0.1, 0.15) is 16.1 Å². The van der Waals surface area contributed by atoms with Gasteiger partial charge in [0.2, 0.25) is 0 Å².